The molecule has 0 saturated heterocycles. The lowest BCUT2D eigenvalue weighted by Gasteiger charge is -2.34. The number of fused-ring (bicyclic) bond motifs is 1. The van der Waals surface area contributed by atoms with Crippen molar-refractivity contribution in [1.82, 2.24) is 0 Å². The summed E-state index contributed by atoms with van der Waals surface area (Å²) >= 11 is 0. The molecule has 1 aliphatic heterocycles. The SMILES string of the molecule is CC1(C)CCc2cccc(CCCCN)c2O1. The lowest BCUT2D eigenvalue weighted by Crippen LogP contribution is -2.33. The normalized spacial score (nSPS) is 17.4. The van der Waals surface area contributed by atoms with Gasteiger partial charge in [0.25, 0.3) is 0 Å². The molecule has 0 unspecified atom stereocenters. The summed E-state index contributed by atoms with van der Waals surface area (Å²) in [5.41, 5.74) is 8.25. The molecule has 0 radical (unpaired) electrons. The topological polar surface area (TPSA) is 35.2 Å². The quantitative estimate of drug-likeness (QED) is 0.811. The predicted molar refractivity (Wildman–Crippen MR) is 71.5 cm³/mol. The number of hydrogen-bond acceptors (Lipinski definition) is 2. The minimum Gasteiger partial charge on any atom is -0.487 e. The maximum absolute atomic E-state index is 6.15. The maximum Gasteiger partial charge on any atom is 0.126 e. The fourth-order valence-corrected chi connectivity index (χ4v) is 2.39. The Morgan fingerprint density at radius 3 is 2.88 bits per heavy atom. The number of ether oxygens (including phenoxy) is 1. The van der Waals surface area contributed by atoms with E-state index in [2.05, 4.69) is 32.0 Å². The van der Waals surface area contributed by atoms with Gasteiger partial charge in [-0.2, -0.15) is 0 Å². The molecule has 1 heterocycles. The first-order chi connectivity index (χ1) is 8.12. The maximum atomic E-state index is 6.15. The zero-order valence-corrected chi connectivity index (χ0v) is 11.0. The van der Waals surface area contributed by atoms with Crippen LogP contribution in [0.15, 0.2) is 18.2 Å². The van der Waals surface area contributed by atoms with Gasteiger partial charge in [-0.25, -0.2) is 0 Å². The zero-order chi connectivity index (χ0) is 12.3. The number of nitrogens with two attached hydrogens (primary N) is 1. The molecule has 1 aromatic rings. The first-order valence-electron chi connectivity index (χ1n) is 6.62. The highest BCUT2D eigenvalue weighted by Crippen LogP contribution is 2.36. The molecule has 1 aromatic carbocycles. The first-order valence-corrected chi connectivity index (χ1v) is 6.62. The molecule has 0 fully saturated rings. The van der Waals surface area contributed by atoms with Crippen molar-refractivity contribution in [1.29, 1.82) is 0 Å². The minimum atomic E-state index is -0.0169. The van der Waals surface area contributed by atoms with E-state index in [0.29, 0.717) is 0 Å². The van der Waals surface area contributed by atoms with Gasteiger partial charge in [0.15, 0.2) is 0 Å². The van der Waals surface area contributed by atoms with Gasteiger partial charge in [-0.05, 0) is 63.6 Å². The minimum absolute atomic E-state index is 0.0169. The van der Waals surface area contributed by atoms with Crippen molar-refractivity contribution in [2.24, 2.45) is 5.73 Å². The van der Waals surface area contributed by atoms with Crippen molar-refractivity contribution in [3.8, 4) is 5.75 Å². The first kappa shape index (κ1) is 12.4. The summed E-state index contributed by atoms with van der Waals surface area (Å²) in [6, 6.07) is 6.53. The summed E-state index contributed by atoms with van der Waals surface area (Å²) in [4.78, 5) is 0. The summed E-state index contributed by atoms with van der Waals surface area (Å²) in [5, 5.41) is 0. The fraction of sp³-hybridized carbons (Fsp3) is 0.600. The average molecular weight is 233 g/mol. The molecule has 17 heavy (non-hydrogen) atoms. The number of aryl methyl sites for hydroxylation is 2. The second kappa shape index (κ2) is 5.09. The van der Waals surface area contributed by atoms with Gasteiger partial charge in [-0.15, -0.1) is 0 Å². The molecule has 2 nitrogen and oxygen atoms in total. The number of benzene rings is 1. The van der Waals surface area contributed by atoms with E-state index in [0.717, 1.165) is 44.4 Å². The van der Waals surface area contributed by atoms with Crippen LogP contribution in [0.3, 0.4) is 0 Å². The van der Waals surface area contributed by atoms with Gasteiger partial charge < -0.3 is 10.5 Å². The summed E-state index contributed by atoms with van der Waals surface area (Å²) in [6.07, 6.45) is 5.56. The molecule has 94 valence electrons. The standard InChI is InChI=1S/C15H23NO/c1-15(2)10-9-13-8-5-7-12(14(13)17-15)6-3-4-11-16/h5,7-8H,3-4,6,9-11,16H2,1-2H3. The van der Waals surface area contributed by atoms with Gasteiger partial charge in [-0.1, -0.05) is 18.2 Å². The zero-order valence-electron chi connectivity index (χ0n) is 11.0. The van der Waals surface area contributed by atoms with E-state index in [1.54, 1.807) is 0 Å². The van der Waals surface area contributed by atoms with E-state index in [-0.39, 0.29) is 5.60 Å². The second-order valence-corrected chi connectivity index (χ2v) is 5.51. The van der Waals surface area contributed by atoms with Crippen LogP contribution in [0.25, 0.3) is 0 Å². The molecular formula is C15H23NO. The van der Waals surface area contributed by atoms with Gasteiger partial charge in [0.05, 0.1) is 0 Å². The molecule has 0 aromatic heterocycles. The Morgan fingerprint density at radius 1 is 1.29 bits per heavy atom. The Kier molecular flexibility index (Phi) is 3.72. The van der Waals surface area contributed by atoms with E-state index in [1.807, 2.05) is 0 Å². The highest BCUT2D eigenvalue weighted by molar-refractivity contribution is 5.43. The Morgan fingerprint density at radius 2 is 2.12 bits per heavy atom. The van der Waals surface area contributed by atoms with Crippen molar-refractivity contribution in [3.63, 3.8) is 0 Å². The van der Waals surface area contributed by atoms with Gasteiger partial charge in [0.2, 0.25) is 0 Å². The van der Waals surface area contributed by atoms with Crippen LogP contribution in [0.4, 0.5) is 0 Å². The number of rotatable bonds is 4. The van der Waals surface area contributed by atoms with Gasteiger partial charge >= 0.3 is 0 Å². The van der Waals surface area contributed by atoms with Crippen LogP contribution < -0.4 is 10.5 Å². The molecule has 0 amide bonds. The number of unbranched alkanes of at least 4 members (excludes halogenated alkanes) is 1. The van der Waals surface area contributed by atoms with Crippen molar-refractivity contribution >= 4 is 0 Å². The van der Waals surface area contributed by atoms with Crippen LogP contribution >= 0.6 is 0 Å². The molecular weight excluding hydrogens is 210 g/mol. The Balaban J connectivity index is 2.17. The molecule has 1 aliphatic rings. The molecule has 0 aliphatic carbocycles. The highest BCUT2D eigenvalue weighted by Gasteiger charge is 2.27. The van der Waals surface area contributed by atoms with Crippen molar-refractivity contribution < 1.29 is 4.74 Å². The van der Waals surface area contributed by atoms with Crippen LogP contribution in [-0.2, 0) is 12.8 Å². The predicted octanol–water partition coefficient (Wildman–Crippen LogP) is 3.07. The second-order valence-electron chi connectivity index (χ2n) is 5.51. The smallest absolute Gasteiger partial charge is 0.126 e. The van der Waals surface area contributed by atoms with E-state index in [1.165, 1.54) is 11.1 Å². The van der Waals surface area contributed by atoms with Crippen LogP contribution in [0, 0.1) is 0 Å². The summed E-state index contributed by atoms with van der Waals surface area (Å²) in [6.45, 7) is 5.13. The van der Waals surface area contributed by atoms with Crippen LogP contribution in [0.5, 0.6) is 5.75 Å². The molecule has 2 rings (SSSR count). The third kappa shape index (κ3) is 3.01. The fourth-order valence-electron chi connectivity index (χ4n) is 2.39. The lowest BCUT2D eigenvalue weighted by molar-refractivity contribution is 0.0832. The van der Waals surface area contributed by atoms with Gasteiger partial charge in [-0.3, -0.25) is 0 Å². The van der Waals surface area contributed by atoms with E-state index in [9.17, 15) is 0 Å². The van der Waals surface area contributed by atoms with Crippen LogP contribution in [0.2, 0.25) is 0 Å². The Labute approximate surface area is 104 Å². The van der Waals surface area contributed by atoms with E-state index in [4.69, 9.17) is 10.5 Å². The summed E-state index contributed by atoms with van der Waals surface area (Å²) in [5.74, 6) is 1.14. The van der Waals surface area contributed by atoms with Gasteiger partial charge in [0.1, 0.15) is 11.4 Å². The van der Waals surface area contributed by atoms with Crippen LogP contribution in [0.1, 0.15) is 44.2 Å². The monoisotopic (exact) mass is 233 g/mol. The molecule has 0 bridgehead atoms. The average Bonchev–Trinajstić information content (AvgIpc) is 2.29. The molecule has 2 heteroatoms. The van der Waals surface area contributed by atoms with E-state index < -0.39 is 0 Å². The third-order valence-electron chi connectivity index (χ3n) is 3.45. The highest BCUT2D eigenvalue weighted by atomic mass is 16.5. The van der Waals surface area contributed by atoms with Crippen molar-refractivity contribution in [3.05, 3.63) is 29.3 Å². The van der Waals surface area contributed by atoms with E-state index >= 15 is 0 Å². The third-order valence-corrected chi connectivity index (χ3v) is 3.45. The number of para-hydroxylation sites is 1. The number of hydrogen-bond donors (Lipinski definition) is 1. The van der Waals surface area contributed by atoms with Gasteiger partial charge in [0, 0.05) is 0 Å². The summed E-state index contributed by atoms with van der Waals surface area (Å²) in [7, 11) is 0. The van der Waals surface area contributed by atoms with Crippen LogP contribution in [-0.4, -0.2) is 12.1 Å². The largest absolute Gasteiger partial charge is 0.487 e. The van der Waals surface area contributed by atoms with Crippen molar-refractivity contribution in [2.45, 2.75) is 51.6 Å². The molecule has 0 saturated carbocycles. The molecule has 0 spiro atoms. The van der Waals surface area contributed by atoms with Crippen molar-refractivity contribution in [2.75, 3.05) is 6.54 Å². The molecule has 2 N–H and O–H groups in total. The molecule has 0 atom stereocenters. The lowest BCUT2D eigenvalue weighted by atomic mass is 9.92. The summed E-state index contributed by atoms with van der Waals surface area (Å²) < 4.78 is 6.15. The Bertz CT molecular complexity index is 385. The Hall–Kier alpha value is -1.02.